The van der Waals surface area contributed by atoms with Gasteiger partial charge in [-0.25, -0.2) is 0 Å². The fraction of sp³-hybridized carbons (Fsp3) is 0.529. The van der Waals surface area contributed by atoms with Gasteiger partial charge < -0.3 is 9.64 Å². The van der Waals surface area contributed by atoms with Gasteiger partial charge in [0.05, 0.1) is 11.6 Å². The Balaban J connectivity index is 2.03. The lowest BCUT2D eigenvalue weighted by Gasteiger charge is -2.45. The molecule has 110 valence electrons. The normalized spacial score (nSPS) is 30.0. The van der Waals surface area contributed by atoms with Crippen LogP contribution >= 0.6 is 0 Å². The van der Waals surface area contributed by atoms with Gasteiger partial charge in [0, 0.05) is 43.5 Å². The molecule has 1 aliphatic carbocycles. The lowest BCUT2D eigenvalue weighted by atomic mass is 9.70. The van der Waals surface area contributed by atoms with Crippen LogP contribution < -0.4 is 0 Å². The Morgan fingerprint density at radius 3 is 3.00 bits per heavy atom. The minimum atomic E-state index is -0.0921. The van der Waals surface area contributed by atoms with Gasteiger partial charge in [0.2, 0.25) is 0 Å². The van der Waals surface area contributed by atoms with E-state index in [0.717, 1.165) is 17.8 Å². The molecule has 0 N–H and O–H groups in total. The Morgan fingerprint density at radius 1 is 1.57 bits per heavy atom. The summed E-state index contributed by atoms with van der Waals surface area (Å²) in [5.41, 5.74) is 1.34. The highest BCUT2D eigenvalue weighted by Gasteiger charge is 2.45. The average molecular weight is 284 g/mol. The van der Waals surface area contributed by atoms with Crippen molar-refractivity contribution in [3.63, 3.8) is 0 Å². The first-order valence-corrected chi connectivity index (χ1v) is 7.36. The van der Waals surface area contributed by atoms with Crippen LogP contribution in [0.2, 0.25) is 0 Å². The van der Waals surface area contributed by atoms with E-state index in [2.05, 4.69) is 26.5 Å². The summed E-state index contributed by atoms with van der Waals surface area (Å²) in [6.07, 6.45) is 5.52. The van der Waals surface area contributed by atoms with E-state index < -0.39 is 0 Å². The summed E-state index contributed by atoms with van der Waals surface area (Å²) in [5, 5.41) is 9.42. The quantitative estimate of drug-likeness (QED) is 0.732. The van der Waals surface area contributed by atoms with Crippen molar-refractivity contribution in [2.75, 3.05) is 6.54 Å². The number of nitriles is 1. The Labute approximate surface area is 125 Å². The zero-order chi connectivity index (χ0) is 15.2. The third kappa shape index (κ3) is 2.27. The van der Waals surface area contributed by atoms with Gasteiger partial charge in [0.1, 0.15) is 5.76 Å². The van der Waals surface area contributed by atoms with Crippen LogP contribution in [0.5, 0.6) is 0 Å². The molecule has 2 atom stereocenters. The molecule has 21 heavy (non-hydrogen) atoms. The molecule has 0 amide bonds. The fourth-order valence-electron chi connectivity index (χ4n) is 3.57. The van der Waals surface area contributed by atoms with E-state index in [1.807, 2.05) is 11.1 Å². The predicted octanol–water partition coefficient (Wildman–Crippen LogP) is 2.90. The van der Waals surface area contributed by atoms with Gasteiger partial charge >= 0.3 is 0 Å². The van der Waals surface area contributed by atoms with Gasteiger partial charge in [-0.15, -0.1) is 6.58 Å². The molecule has 0 aromatic rings. The standard InChI is InChI=1S/C17H20N2O2/c1-4-5-19-10-11(9-18)12-6-15(19)21-14-8-17(2,3)7-13(20)16(12)14/h4,10,12,15H,1,5-8H2,2-3H3/t12-,15+/m0/s1. The summed E-state index contributed by atoms with van der Waals surface area (Å²) >= 11 is 0. The van der Waals surface area contributed by atoms with Gasteiger partial charge in [0.15, 0.2) is 12.0 Å². The first-order chi connectivity index (χ1) is 9.95. The van der Waals surface area contributed by atoms with E-state index in [9.17, 15) is 10.1 Å². The number of ketones is 1. The number of nitrogens with zero attached hydrogens (tertiary/aromatic N) is 2. The topological polar surface area (TPSA) is 53.3 Å². The summed E-state index contributed by atoms with van der Waals surface area (Å²) in [7, 11) is 0. The van der Waals surface area contributed by atoms with Crippen LogP contribution in [0.1, 0.15) is 33.1 Å². The number of fused-ring (bicyclic) bond motifs is 3. The number of carbonyl (C=O) groups excluding carboxylic acids is 1. The summed E-state index contributed by atoms with van der Waals surface area (Å²) < 4.78 is 6.11. The largest absolute Gasteiger partial charge is 0.474 e. The van der Waals surface area contributed by atoms with Crippen LogP contribution in [0.15, 0.2) is 35.8 Å². The molecule has 0 saturated carbocycles. The Kier molecular flexibility index (Phi) is 3.16. The Hall–Kier alpha value is -2.02. The second-order valence-corrected chi connectivity index (χ2v) is 6.82. The van der Waals surface area contributed by atoms with Crippen molar-refractivity contribution in [1.82, 2.24) is 4.90 Å². The Morgan fingerprint density at radius 2 is 2.33 bits per heavy atom. The van der Waals surface area contributed by atoms with Crippen molar-refractivity contribution < 1.29 is 9.53 Å². The highest BCUT2D eigenvalue weighted by Crippen LogP contribution is 2.47. The van der Waals surface area contributed by atoms with Crippen LogP contribution in [0.25, 0.3) is 0 Å². The number of Topliss-reactive ketones (excluding diaryl/α,β-unsaturated/α-hetero) is 1. The smallest absolute Gasteiger partial charge is 0.172 e. The van der Waals surface area contributed by atoms with Crippen molar-refractivity contribution in [2.24, 2.45) is 11.3 Å². The number of hydrogen-bond donors (Lipinski definition) is 0. The zero-order valence-electron chi connectivity index (χ0n) is 12.6. The van der Waals surface area contributed by atoms with Crippen molar-refractivity contribution in [3.05, 3.63) is 35.8 Å². The molecule has 0 spiro atoms. The predicted molar refractivity (Wildman–Crippen MR) is 78.6 cm³/mol. The molecule has 0 unspecified atom stereocenters. The molecule has 2 aliphatic heterocycles. The first kappa shape index (κ1) is 13.9. The van der Waals surface area contributed by atoms with E-state index in [4.69, 9.17) is 4.74 Å². The SMILES string of the molecule is C=CCN1C=C(C#N)[C@@H]2C[C@H]1OC1=C2C(=O)CC(C)(C)C1. The van der Waals surface area contributed by atoms with Crippen LogP contribution in [0, 0.1) is 22.7 Å². The molecule has 0 saturated heterocycles. The monoisotopic (exact) mass is 284 g/mol. The second-order valence-electron chi connectivity index (χ2n) is 6.82. The first-order valence-electron chi connectivity index (χ1n) is 7.36. The fourth-order valence-corrected chi connectivity index (χ4v) is 3.57. The van der Waals surface area contributed by atoms with Crippen molar-refractivity contribution in [2.45, 2.75) is 39.3 Å². The third-order valence-electron chi connectivity index (χ3n) is 4.46. The maximum absolute atomic E-state index is 12.5. The molecule has 2 bridgehead atoms. The number of hydrogen-bond acceptors (Lipinski definition) is 4. The van der Waals surface area contributed by atoms with Gasteiger partial charge in [0.25, 0.3) is 0 Å². The molecule has 0 fully saturated rings. The summed E-state index contributed by atoms with van der Waals surface area (Å²) in [5.74, 6) is 0.851. The molecule has 0 aromatic heterocycles. The minimum absolute atomic E-state index is 0.0681. The molecule has 3 aliphatic rings. The highest BCUT2D eigenvalue weighted by atomic mass is 16.5. The van der Waals surface area contributed by atoms with E-state index in [1.54, 1.807) is 6.08 Å². The molecule has 3 rings (SSSR count). The van der Waals surface area contributed by atoms with Crippen molar-refractivity contribution in [1.29, 1.82) is 5.26 Å². The summed E-state index contributed by atoms with van der Waals surface area (Å²) in [6.45, 7) is 8.57. The maximum atomic E-state index is 12.5. The van der Waals surface area contributed by atoms with Crippen molar-refractivity contribution in [3.8, 4) is 6.07 Å². The molecule has 4 heteroatoms. The second kappa shape index (κ2) is 4.77. The van der Waals surface area contributed by atoms with Gasteiger partial charge in [-0.2, -0.15) is 5.26 Å². The molecular formula is C17H20N2O2. The average Bonchev–Trinajstić information content (AvgIpc) is 2.39. The van der Waals surface area contributed by atoms with Crippen LogP contribution in [-0.2, 0) is 9.53 Å². The van der Waals surface area contributed by atoms with Gasteiger partial charge in [-0.05, 0) is 5.41 Å². The van der Waals surface area contributed by atoms with Gasteiger partial charge in [-0.1, -0.05) is 19.9 Å². The van der Waals surface area contributed by atoms with E-state index in [0.29, 0.717) is 25.0 Å². The zero-order valence-corrected chi connectivity index (χ0v) is 12.6. The van der Waals surface area contributed by atoms with Crippen LogP contribution in [0.4, 0.5) is 0 Å². The molecule has 2 heterocycles. The van der Waals surface area contributed by atoms with Gasteiger partial charge in [-0.3, -0.25) is 4.79 Å². The van der Waals surface area contributed by atoms with Crippen LogP contribution in [-0.4, -0.2) is 23.5 Å². The maximum Gasteiger partial charge on any atom is 0.172 e. The third-order valence-corrected chi connectivity index (χ3v) is 4.46. The molecular weight excluding hydrogens is 264 g/mol. The summed E-state index contributed by atoms with van der Waals surface area (Å²) in [6, 6.07) is 2.27. The van der Waals surface area contributed by atoms with Crippen LogP contribution in [0.3, 0.4) is 0 Å². The Bertz CT molecular complexity index is 607. The van der Waals surface area contributed by atoms with Crippen molar-refractivity contribution >= 4 is 5.78 Å². The number of allylic oxidation sites excluding steroid dienone is 3. The summed E-state index contributed by atoms with van der Waals surface area (Å²) in [4.78, 5) is 14.5. The van der Waals surface area contributed by atoms with E-state index >= 15 is 0 Å². The van der Waals surface area contributed by atoms with E-state index in [-0.39, 0.29) is 23.3 Å². The highest BCUT2D eigenvalue weighted by molar-refractivity contribution is 5.98. The lowest BCUT2D eigenvalue weighted by Crippen LogP contribution is -2.46. The lowest BCUT2D eigenvalue weighted by molar-refractivity contribution is -0.122. The molecule has 4 nitrogen and oxygen atoms in total. The minimum Gasteiger partial charge on any atom is -0.474 e. The number of ether oxygens (including phenoxy) is 1. The number of carbonyl (C=O) groups is 1. The van der Waals surface area contributed by atoms with E-state index in [1.165, 1.54) is 0 Å². The number of rotatable bonds is 2. The molecule has 0 radical (unpaired) electrons. The molecule has 0 aromatic carbocycles.